The molecule has 0 aliphatic carbocycles. The Morgan fingerprint density at radius 3 is 2.68 bits per heavy atom. The van der Waals surface area contributed by atoms with E-state index in [0.29, 0.717) is 6.04 Å². The number of benzene rings is 1. The van der Waals surface area contributed by atoms with E-state index in [1.165, 1.54) is 25.7 Å². The Morgan fingerprint density at radius 1 is 1.16 bits per heavy atom. The number of nitrogens with one attached hydrogen (secondary N) is 1. The van der Waals surface area contributed by atoms with Gasteiger partial charge in [-0.05, 0) is 56.9 Å². The molecule has 1 aromatic carbocycles. The molecule has 3 rings (SSSR count). The maximum Gasteiger partial charge on any atom is 0.128 e. The van der Waals surface area contributed by atoms with Crippen molar-refractivity contribution < 1.29 is 4.39 Å². The molecule has 2 aliphatic rings. The first-order valence-corrected chi connectivity index (χ1v) is 7.57. The van der Waals surface area contributed by atoms with Gasteiger partial charge in [0.05, 0.1) is 0 Å². The highest BCUT2D eigenvalue weighted by Gasteiger charge is 2.18. The third-order valence-electron chi connectivity index (χ3n) is 4.38. The molecule has 0 bridgehead atoms. The fourth-order valence-corrected chi connectivity index (χ4v) is 3.24. The maximum absolute atomic E-state index is 14.2. The predicted octanol–water partition coefficient (Wildman–Crippen LogP) is 3.24. The van der Waals surface area contributed by atoms with E-state index in [1.54, 1.807) is 6.07 Å². The van der Waals surface area contributed by atoms with Gasteiger partial charge in [-0.2, -0.15) is 0 Å². The molecule has 2 nitrogen and oxygen atoms in total. The van der Waals surface area contributed by atoms with Crippen LogP contribution in [0.3, 0.4) is 0 Å². The largest absolute Gasteiger partial charge is 0.310 e. The summed E-state index contributed by atoms with van der Waals surface area (Å²) in [4.78, 5) is 2.37. The Bertz CT molecular complexity index is 421. The summed E-state index contributed by atoms with van der Waals surface area (Å²) in [6.07, 6.45) is 6.16. The summed E-state index contributed by atoms with van der Waals surface area (Å²) in [5.41, 5.74) is 1.96. The Hall–Kier alpha value is -0.930. The molecule has 2 heterocycles. The van der Waals surface area contributed by atoms with Gasteiger partial charge in [0.2, 0.25) is 0 Å². The van der Waals surface area contributed by atoms with Crippen LogP contribution in [0.15, 0.2) is 18.2 Å². The Labute approximate surface area is 115 Å². The minimum Gasteiger partial charge on any atom is -0.310 e. The third kappa shape index (κ3) is 3.15. The van der Waals surface area contributed by atoms with Gasteiger partial charge >= 0.3 is 0 Å². The summed E-state index contributed by atoms with van der Waals surface area (Å²) in [7, 11) is 0. The smallest absolute Gasteiger partial charge is 0.128 e. The zero-order valence-corrected chi connectivity index (χ0v) is 11.5. The molecule has 0 amide bonds. The van der Waals surface area contributed by atoms with Gasteiger partial charge in [-0.3, -0.25) is 4.90 Å². The van der Waals surface area contributed by atoms with Crippen molar-refractivity contribution in [3.05, 3.63) is 35.1 Å². The molecular weight excluding hydrogens is 239 g/mol. The second-order valence-corrected chi connectivity index (χ2v) is 5.84. The molecule has 0 aromatic heterocycles. The molecule has 19 heavy (non-hydrogen) atoms. The predicted molar refractivity (Wildman–Crippen MR) is 75.5 cm³/mol. The second-order valence-electron chi connectivity index (χ2n) is 5.84. The monoisotopic (exact) mass is 262 g/mol. The van der Waals surface area contributed by atoms with Crippen LogP contribution in [0.5, 0.6) is 0 Å². The van der Waals surface area contributed by atoms with Crippen LogP contribution in [0.2, 0.25) is 0 Å². The molecule has 0 radical (unpaired) electrons. The Kier molecular flexibility index (Phi) is 4.14. The van der Waals surface area contributed by atoms with Crippen molar-refractivity contribution in [2.45, 2.75) is 44.7 Å². The lowest BCUT2D eigenvalue weighted by molar-refractivity contribution is 0.218. The van der Waals surface area contributed by atoms with E-state index in [1.807, 2.05) is 6.07 Å². The van der Waals surface area contributed by atoms with Gasteiger partial charge in [0.1, 0.15) is 5.82 Å². The van der Waals surface area contributed by atoms with Crippen molar-refractivity contribution >= 4 is 0 Å². The van der Waals surface area contributed by atoms with Crippen LogP contribution < -0.4 is 5.32 Å². The number of rotatable bonds is 3. The highest BCUT2D eigenvalue weighted by atomic mass is 19.1. The first kappa shape index (κ1) is 13.1. The van der Waals surface area contributed by atoms with Crippen molar-refractivity contribution in [2.24, 2.45) is 0 Å². The average molecular weight is 262 g/mol. The van der Waals surface area contributed by atoms with E-state index in [-0.39, 0.29) is 5.82 Å². The minimum atomic E-state index is -0.0308. The van der Waals surface area contributed by atoms with Gasteiger partial charge in [-0.15, -0.1) is 0 Å². The Morgan fingerprint density at radius 2 is 2.00 bits per heavy atom. The topological polar surface area (TPSA) is 15.3 Å². The highest BCUT2D eigenvalue weighted by Crippen LogP contribution is 2.25. The average Bonchev–Trinajstić information content (AvgIpc) is 2.96. The standard InChI is InChI=1S/C16H23FN2/c17-15-11-13(16-5-4-8-18-16)6-7-14(15)12-19-9-2-1-3-10-19/h6-7,11,16,18H,1-5,8-10,12H2. The summed E-state index contributed by atoms with van der Waals surface area (Å²) < 4.78 is 14.2. The first-order chi connectivity index (χ1) is 9.33. The van der Waals surface area contributed by atoms with Gasteiger partial charge in [0, 0.05) is 18.2 Å². The van der Waals surface area contributed by atoms with E-state index < -0.39 is 0 Å². The fraction of sp³-hybridized carbons (Fsp3) is 0.625. The summed E-state index contributed by atoms with van der Waals surface area (Å²) in [5.74, 6) is -0.0308. The molecule has 1 aromatic rings. The van der Waals surface area contributed by atoms with Crippen molar-refractivity contribution in [3.8, 4) is 0 Å². The number of piperidine rings is 1. The third-order valence-corrected chi connectivity index (χ3v) is 4.38. The van der Waals surface area contributed by atoms with E-state index in [4.69, 9.17) is 0 Å². The van der Waals surface area contributed by atoms with Crippen LogP contribution in [0.25, 0.3) is 0 Å². The van der Waals surface area contributed by atoms with Crippen LogP contribution >= 0.6 is 0 Å². The normalized spacial score (nSPS) is 24.8. The number of nitrogens with zero attached hydrogens (tertiary/aromatic N) is 1. The Balaban J connectivity index is 1.68. The molecule has 2 aliphatic heterocycles. The maximum atomic E-state index is 14.2. The van der Waals surface area contributed by atoms with Crippen molar-refractivity contribution in [3.63, 3.8) is 0 Å². The van der Waals surface area contributed by atoms with E-state index in [0.717, 1.165) is 43.7 Å². The molecule has 1 atom stereocenters. The van der Waals surface area contributed by atoms with E-state index >= 15 is 0 Å². The lowest BCUT2D eigenvalue weighted by Crippen LogP contribution is -2.29. The van der Waals surface area contributed by atoms with Crippen LogP contribution in [-0.2, 0) is 6.54 Å². The summed E-state index contributed by atoms with van der Waals surface area (Å²) in [6.45, 7) is 4.06. The number of hydrogen-bond acceptors (Lipinski definition) is 2. The van der Waals surface area contributed by atoms with Crippen LogP contribution in [0, 0.1) is 5.82 Å². The molecule has 104 valence electrons. The molecule has 0 saturated carbocycles. The molecule has 1 N–H and O–H groups in total. The molecule has 1 unspecified atom stereocenters. The quantitative estimate of drug-likeness (QED) is 0.899. The first-order valence-electron chi connectivity index (χ1n) is 7.57. The lowest BCUT2D eigenvalue weighted by Gasteiger charge is -2.26. The number of halogens is 1. The number of hydrogen-bond donors (Lipinski definition) is 1. The molecule has 2 saturated heterocycles. The molecule has 0 spiro atoms. The van der Waals surface area contributed by atoms with Crippen LogP contribution in [0.1, 0.15) is 49.3 Å². The van der Waals surface area contributed by atoms with Gasteiger partial charge in [0.15, 0.2) is 0 Å². The van der Waals surface area contributed by atoms with E-state index in [2.05, 4.69) is 16.3 Å². The molecule has 3 heteroatoms. The van der Waals surface area contributed by atoms with Gasteiger partial charge in [0.25, 0.3) is 0 Å². The zero-order chi connectivity index (χ0) is 13.1. The van der Waals surface area contributed by atoms with Crippen molar-refractivity contribution in [2.75, 3.05) is 19.6 Å². The highest BCUT2D eigenvalue weighted by molar-refractivity contribution is 5.27. The number of likely N-dealkylation sites (tertiary alicyclic amines) is 1. The zero-order valence-electron chi connectivity index (χ0n) is 11.5. The van der Waals surface area contributed by atoms with Crippen LogP contribution in [-0.4, -0.2) is 24.5 Å². The van der Waals surface area contributed by atoms with Crippen molar-refractivity contribution in [1.82, 2.24) is 10.2 Å². The lowest BCUT2D eigenvalue weighted by atomic mass is 10.0. The van der Waals surface area contributed by atoms with Crippen LogP contribution in [0.4, 0.5) is 4.39 Å². The second kappa shape index (κ2) is 6.02. The van der Waals surface area contributed by atoms with Crippen molar-refractivity contribution in [1.29, 1.82) is 0 Å². The van der Waals surface area contributed by atoms with Gasteiger partial charge in [-0.1, -0.05) is 18.6 Å². The van der Waals surface area contributed by atoms with Gasteiger partial charge in [-0.25, -0.2) is 4.39 Å². The summed E-state index contributed by atoms with van der Waals surface area (Å²) in [5, 5.41) is 3.42. The van der Waals surface area contributed by atoms with Gasteiger partial charge < -0.3 is 5.32 Å². The van der Waals surface area contributed by atoms with E-state index in [9.17, 15) is 4.39 Å². The fourth-order valence-electron chi connectivity index (χ4n) is 3.24. The minimum absolute atomic E-state index is 0.0308. The summed E-state index contributed by atoms with van der Waals surface area (Å²) in [6, 6.07) is 6.19. The SMILES string of the molecule is Fc1cc(C2CCCN2)ccc1CN1CCCCC1. The summed E-state index contributed by atoms with van der Waals surface area (Å²) >= 11 is 0. The molecular formula is C16H23FN2. The molecule has 2 fully saturated rings.